The molecule has 0 saturated heterocycles. The molecule has 11 nitrogen and oxygen atoms in total. The van der Waals surface area contributed by atoms with Crippen LogP contribution in [0.2, 0.25) is 0 Å². The third-order valence-electron chi connectivity index (χ3n) is 5.76. The van der Waals surface area contributed by atoms with Crippen molar-refractivity contribution >= 4 is 17.7 Å². The van der Waals surface area contributed by atoms with Gasteiger partial charge in [-0.05, 0) is 48.8 Å². The molecule has 0 aliphatic heterocycles. The number of nitrogens with two attached hydrogens (primary N) is 1. The molecule has 0 spiro atoms. The van der Waals surface area contributed by atoms with Crippen LogP contribution in [0.3, 0.4) is 0 Å². The molecule has 1 unspecified atom stereocenters. The molecule has 0 radical (unpaired) electrons. The molecule has 2 aromatic heterocycles. The van der Waals surface area contributed by atoms with Gasteiger partial charge in [-0.3, -0.25) is 9.48 Å². The van der Waals surface area contributed by atoms with Crippen molar-refractivity contribution < 1.29 is 37.0 Å². The third kappa shape index (κ3) is 7.68. The first-order chi connectivity index (χ1) is 18.4. The number of oxazole rings is 1. The number of hydrogen-bond acceptors (Lipinski definition) is 8. The highest BCUT2D eigenvalue weighted by atomic mass is 19.3. The van der Waals surface area contributed by atoms with Crippen LogP contribution in [0.25, 0.3) is 11.5 Å². The average molecular weight is 548 g/mol. The van der Waals surface area contributed by atoms with Crippen LogP contribution in [0.1, 0.15) is 62.4 Å². The number of anilines is 1. The number of alkyl halides is 2. The maximum atomic E-state index is 13.3. The van der Waals surface area contributed by atoms with Crippen molar-refractivity contribution in [2.45, 2.75) is 52.7 Å². The Kier molecular flexibility index (Phi) is 8.07. The van der Waals surface area contributed by atoms with Crippen LogP contribution in [0.15, 0.2) is 35.0 Å². The Morgan fingerprint density at radius 3 is 2.59 bits per heavy atom. The van der Waals surface area contributed by atoms with E-state index >= 15 is 0 Å². The largest absolute Gasteiger partial charge is 0.489 e. The predicted molar refractivity (Wildman–Crippen MR) is 135 cm³/mol. The van der Waals surface area contributed by atoms with Gasteiger partial charge in [0.25, 0.3) is 5.91 Å². The summed E-state index contributed by atoms with van der Waals surface area (Å²) in [6, 6.07) is 4.22. The molecule has 39 heavy (non-hydrogen) atoms. The molecular formula is C26H31F2N5O6. The van der Waals surface area contributed by atoms with Gasteiger partial charge in [-0.15, -0.1) is 0 Å². The van der Waals surface area contributed by atoms with E-state index in [1.165, 1.54) is 29.1 Å². The summed E-state index contributed by atoms with van der Waals surface area (Å²) in [6.07, 6.45) is 3.22. The van der Waals surface area contributed by atoms with Gasteiger partial charge in [-0.25, -0.2) is 9.78 Å². The quantitative estimate of drug-likeness (QED) is 0.330. The number of amides is 2. The van der Waals surface area contributed by atoms with Crippen molar-refractivity contribution in [3.8, 4) is 23.0 Å². The Morgan fingerprint density at radius 2 is 2.00 bits per heavy atom. The van der Waals surface area contributed by atoms with Crippen molar-refractivity contribution in [1.29, 1.82) is 0 Å². The average Bonchev–Trinajstić information content (AvgIpc) is 3.40. The van der Waals surface area contributed by atoms with Crippen molar-refractivity contribution in [3.05, 3.63) is 42.0 Å². The van der Waals surface area contributed by atoms with Gasteiger partial charge in [0.15, 0.2) is 29.1 Å². The van der Waals surface area contributed by atoms with Gasteiger partial charge in [-0.1, -0.05) is 20.8 Å². The number of nitrogens with one attached hydrogen (secondary N) is 1. The third-order valence-corrected chi connectivity index (χ3v) is 5.76. The number of nitrogens with zero attached hydrogens (tertiary/aromatic N) is 3. The summed E-state index contributed by atoms with van der Waals surface area (Å²) >= 11 is 0. The highest BCUT2D eigenvalue weighted by Crippen LogP contribution is 2.39. The molecule has 1 atom stereocenters. The molecule has 1 saturated carbocycles. The molecule has 2 amide bonds. The van der Waals surface area contributed by atoms with Gasteiger partial charge < -0.3 is 29.7 Å². The van der Waals surface area contributed by atoms with Crippen LogP contribution < -0.4 is 20.5 Å². The van der Waals surface area contributed by atoms with Crippen LogP contribution in [0.5, 0.6) is 11.5 Å². The lowest BCUT2D eigenvalue weighted by atomic mass is 9.88. The molecule has 3 N–H and O–H groups in total. The van der Waals surface area contributed by atoms with Gasteiger partial charge >= 0.3 is 12.7 Å². The molecule has 1 aliphatic rings. The number of hydrogen-bond donors (Lipinski definition) is 2. The van der Waals surface area contributed by atoms with E-state index in [0.29, 0.717) is 23.8 Å². The lowest BCUT2D eigenvalue weighted by Crippen LogP contribution is -2.23. The standard InChI is InChI=1S/C26H31F2N5O6/c1-26(2,3)10-19(38-25(29)35)21-20(22(34)31-16-11-30-33(4)12-16)32-23(39-21)15-7-8-17(37-24(27)28)18(9-15)36-13-14-5-6-14/h7-9,11-12,14,19,24H,5-6,10,13H2,1-4H3,(H2,29,35)(H,31,34). The number of carbonyl (C=O) groups excluding carboxylic acids is 2. The second-order valence-electron chi connectivity index (χ2n) is 10.6. The highest BCUT2D eigenvalue weighted by Gasteiger charge is 2.33. The normalized spacial score (nSPS) is 14.2. The molecule has 1 aliphatic carbocycles. The Morgan fingerprint density at radius 1 is 1.26 bits per heavy atom. The summed E-state index contributed by atoms with van der Waals surface area (Å²) < 4.78 is 49.2. The fourth-order valence-electron chi connectivity index (χ4n) is 3.84. The molecule has 4 rings (SSSR count). The summed E-state index contributed by atoms with van der Waals surface area (Å²) in [5.41, 5.74) is 5.57. The summed E-state index contributed by atoms with van der Waals surface area (Å²) in [6.45, 7) is 3.06. The fourth-order valence-corrected chi connectivity index (χ4v) is 3.84. The van der Waals surface area contributed by atoms with Gasteiger partial charge in [-0.2, -0.15) is 13.9 Å². The highest BCUT2D eigenvalue weighted by molar-refractivity contribution is 6.03. The monoisotopic (exact) mass is 547 g/mol. The van der Waals surface area contributed by atoms with Crippen molar-refractivity contribution in [1.82, 2.24) is 14.8 Å². The Balaban J connectivity index is 1.75. The maximum absolute atomic E-state index is 13.3. The minimum absolute atomic E-state index is 0.0199. The van der Waals surface area contributed by atoms with Gasteiger partial charge in [0.1, 0.15) is 0 Å². The lowest BCUT2D eigenvalue weighted by molar-refractivity contribution is -0.0515. The smallest absolute Gasteiger partial charge is 0.405 e. The minimum atomic E-state index is -3.04. The van der Waals surface area contributed by atoms with Crippen LogP contribution in [-0.4, -0.2) is 40.0 Å². The molecule has 13 heteroatoms. The zero-order chi connectivity index (χ0) is 28.3. The van der Waals surface area contributed by atoms with Crippen LogP contribution in [-0.2, 0) is 11.8 Å². The van der Waals surface area contributed by atoms with Gasteiger partial charge in [0.05, 0.1) is 18.5 Å². The number of aromatic nitrogens is 3. The number of halogens is 2. The number of rotatable bonds is 11. The second-order valence-corrected chi connectivity index (χ2v) is 10.6. The Hall–Kier alpha value is -4.16. The summed E-state index contributed by atoms with van der Waals surface area (Å²) in [7, 11) is 1.69. The van der Waals surface area contributed by atoms with Crippen LogP contribution in [0, 0.1) is 11.3 Å². The summed E-state index contributed by atoms with van der Waals surface area (Å²) in [4.78, 5) is 29.5. The first-order valence-electron chi connectivity index (χ1n) is 12.4. The van der Waals surface area contributed by atoms with E-state index in [1.54, 1.807) is 13.2 Å². The molecule has 3 aromatic rings. The molecule has 0 bridgehead atoms. The van der Waals surface area contributed by atoms with Crippen molar-refractivity contribution in [2.24, 2.45) is 24.1 Å². The van der Waals surface area contributed by atoms with E-state index in [2.05, 4.69) is 20.1 Å². The molecule has 2 heterocycles. The van der Waals surface area contributed by atoms with Crippen molar-refractivity contribution in [3.63, 3.8) is 0 Å². The fraction of sp³-hybridized carbons (Fsp3) is 0.462. The molecule has 210 valence electrons. The van der Waals surface area contributed by atoms with E-state index in [1.807, 2.05) is 20.8 Å². The number of benzene rings is 1. The van der Waals surface area contributed by atoms with Gasteiger partial charge in [0.2, 0.25) is 5.89 Å². The number of aryl methyl sites for hydroxylation is 1. The summed E-state index contributed by atoms with van der Waals surface area (Å²) in [5, 5.41) is 6.72. The first kappa shape index (κ1) is 27.9. The molecular weight excluding hydrogens is 516 g/mol. The second kappa shape index (κ2) is 11.3. The van der Waals surface area contributed by atoms with Gasteiger partial charge in [0, 0.05) is 18.8 Å². The number of carbonyl (C=O) groups is 2. The van der Waals surface area contributed by atoms with Crippen LogP contribution >= 0.6 is 0 Å². The van der Waals surface area contributed by atoms with Crippen LogP contribution in [0.4, 0.5) is 19.3 Å². The maximum Gasteiger partial charge on any atom is 0.405 e. The Labute approximate surface area is 223 Å². The molecule has 1 aromatic carbocycles. The zero-order valence-corrected chi connectivity index (χ0v) is 22.1. The zero-order valence-electron chi connectivity index (χ0n) is 22.1. The van der Waals surface area contributed by atoms with E-state index < -0.39 is 24.7 Å². The SMILES string of the molecule is Cn1cc(NC(=O)c2nc(-c3ccc(OC(F)F)c(OCC4CC4)c3)oc2C(CC(C)(C)C)OC(N)=O)cn1. The van der Waals surface area contributed by atoms with E-state index in [-0.39, 0.29) is 40.7 Å². The van der Waals surface area contributed by atoms with E-state index in [0.717, 1.165) is 12.8 Å². The predicted octanol–water partition coefficient (Wildman–Crippen LogP) is 5.29. The number of ether oxygens (including phenoxy) is 3. The van der Waals surface area contributed by atoms with E-state index in [4.69, 9.17) is 19.6 Å². The number of primary amides is 1. The topological polar surface area (TPSA) is 144 Å². The van der Waals surface area contributed by atoms with Crippen molar-refractivity contribution in [2.75, 3.05) is 11.9 Å². The first-order valence-corrected chi connectivity index (χ1v) is 12.4. The van der Waals surface area contributed by atoms with E-state index in [9.17, 15) is 18.4 Å². The summed E-state index contributed by atoms with van der Waals surface area (Å²) in [5.74, 6) is -0.378. The minimum Gasteiger partial charge on any atom is -0.489 e. The lowest BCUT2D eigenvalue weighted by Gasteiger charge is -2.24. The Bertz CT molecular complexity index is 1330. The molecule has 1 fully saturated rings.